The average Bonchev–Trinajstić information content (AvgIpc) is 2.72. The maximum Gasteiger partial charge on any atom is 0.252 e. The number of aryl methyl sites for hydroxylation is 2. The van der Waals surface area contributed by atoms with E-state index in [4.69, 9.17) is 4.74 Å². The van der Waals surface area contributed by atoms with E-state index in [0.29, 0.717) is 18.7 Å². The van der Waals surface area contributed by atoms with Crippen LogP contribution in [0.5, 0.6) is 5.75 Å². The van der Waals surface area contributed by atoms with E-state index < -0.39 is 0 Å². The van der Waals surface area contributed by atoms with Crippen molar-refractivity contribution in [2.24, 2.45) is 0 Å². The predicted octanol–water partition coefficient (Wildman–Crippen LogP) is 5.04. The molecule has 0 aliphatic heterocycles. The monoisotopic (exact) mass is 371 g/mol. The molecule has 0 aliphatic rings. The minimum absolute atomic E-state index is 0.112. The number of hydrogen-bond donors (Lipinski definition) is 1. The Morgan fingerprint density at radius 3 is 2.29 bits per heavy atom. The van der Waals surface area contributed by atoms with Gasteiger partial charge in [0.1, 0.15) is 12.4 Å². The van der Waals surface area contributed by atoms with Crippen LogP contribution >= 0.6 is 0 Å². The summed E-state index contributed by atoms with van der Waals surface area (Å²) in [7, 11) is 0. The van der Waals surface area contributed by atoms with Crippen molar-refractivity contribution in [3.05, 3.63) is 101 Å². The van der Waals surface area contributed by atoms with Crippen molar-refractivity contribution >= 4 is 17.6 Å². The quantitative estimate of drug-likeness (QED) is 0.359. The molecule has 0 aliphatic carbocycles. The Morgan fingerprint density at radius 2 is 1.61 bits per heavy atom. The highest BCUT2D eigenvalue weighted by Gasteiger charge is 2.11. The van der Waals surface area contributed by atoms with Crippen LogP contribution in [0.4, 0.5) is 0 Å². The van der Waals surface area contributed by atoms with E-state index in [9.17, 15) is 4.79 Å². The molecule has 1 amide bonds. The zero-order valence-electron chi connectivity index (χ0n) is 16.3. The fourth-order valence-electron chi connectivity index (χ4n) is 3.00. The second kappa shape index (κ2) is 9.56. The van der Waals surface area contributed by atoms with E-state index in [0.717, 1.165) is 22.4 Å². The number of benzene rings is 3. The molecule has 3 aromatic rings. The summed E-state index contributed by atoms with van der Waals surface area (Å²) < 4.78 is 5.81. The van der Waals surface area contributed by atoms with Crippen molar-refractivity contribution in [1.29, 1.82) is 0 Å². The summed E-state index contributed by atoms with van der Waals surface area (Å²) >= 11 is 0. The van der Waals surface area contributed by atoms with Crippen molar-refractivity contribution in [3.63, 3.8) is 0 Å². The number of carbonyl (C=O) groups excluding carboxylic acids is 1. The minimum Gasteiger partial charge on any atom is -0.491 e. The molecule has 0 aromatic heterocycles. The Balaban J connectivity index is 1.66. The molecule has 0 saturated carbocycles. The van der Waals surface area contributed by atoms with E-state index in [1.54, 1.807) is 0 Å². The molecule has 28 heavy (non-hydrogen) atoms. The molecule has 0 fully saturated rings. The number of amides is 1. The fourth-order valence-corrected chi connectivity index (χ4v) is 3.00. The van der Waals surface area contributed by atoms with Crippen LogP contribution < -0.4 is 10.1 Å². The first-order chi connectivity index (χ1) is 13.6. The highest BCUT2D eigenvalue weighted by atomic mass is 16.5. The first-order valence-electron chi connectivity index (χ1n) is 9.44. The highest BCUT2D eigenvalue weighted by molar-refractivity contribution is 6.24. The van der Waals surface area contributed by atoms with Gasteiger partial charge in [0.2, 0.25) is 0 Å². The van der Waals surface area contributed by atoms with Crippen LogP contribution in [0.3, 0.4) is 0 Å². The molecule has 0 unspecified atom stereocenters. The number of hydrogen-bond acceptors (Lipinski definition) is 2. The van der Waals surface area contributed by atoms with Crippen LogP contribution in [-0.4, -0.2) is 19.1 Å². The molecule has 0 saturated heterocycles. The van der Waals surface area contributed by atoms with Gasteiger partial charge in [0, 0.05) is 5.57 Å². The van der Waals surface area contributed by atoms with Crippen LogP contribution in [0.25, 0.3) is 11.6 Å². The molecule has 0 atom stereocenters. The van der Waals surface area contributed by atoms with Crippen molar-refractivity contribution in [2.75, 3.05) is 13.2 Å². The Labute approximate surface area is 166 Å². The van der Waals surface area contributed by atoms with Gasteiger partial charge < -0.3 is 10.1 Å². The summed E-state index contributed by atoms with van der Waals surface area (Å²) in [6.45, 7) is 4.94. The average molecular weight is 371 g/mol. The van der Waals surface area contributed by atoms with Gasteiger partial charge in [-0.15, -0.1) is 0 Å². The van der Waals surface area contributed by atoms with E-state index in [2.05, 4.69) is 18.3 Å². The lowest BCUT2D eigenvalue weighted by molar-refractivity contribution is -0.115. The summed E-state index contributed by atoms with van der Waals surface area (Å²) in [5.41, 5.74) is 4.82. The second-order valence-corrected chi connectivity index (χ2v) is 6.71. The summed E-state index contributed by atoms with van der Waals surface area (Å²) in [5.74, 6) is 0.738. The standard InChI is InChI=1S/C25H25NO2/c1-19-13-14-24(20(2)17-19)28-16-15-26-25(27)23(22-11-7-4-8-12-22)18-21-9-5-3-6-10-21/h3-14,17-18H,15-16H2,1-2H3,(H,26,27)/b23-18+. The normalized spacial score (nSPS) is 11.1. The smallest absolute Gasteiger partial charge is 0.252 e. The Morgan fingerprint density at radius 1 is 0.929 bits per heavy atom. The number of nitrogens with one attached hydrogen (secondary N) is 1. The Bertz CT molecular complexity index is 947. The van der Waals surface area contributed by atoms with Gasteiger partial charge in [-0.1, -0.05) is 78.4 Å². The maximum atomic E-state index is 12.8. The van der Waals surface area contributed by atoms with Gasteiger partial charge in [-0.05, 0) is 42.7 Å². The second-order valence-electron chi connectivity index (χ2n) is 6.71. The van der Waals surface area contributed by atoms with Gasteiger partial charge in [-0.3, -0.25) is 4.79 Å². The third-order valence-corrected chi connectivity index (χ3v) is 4.42. The summed E-state index contributed by atoms with van der Waals surface area (Å²) in [6.07, 6.45) is 1.91. The molecular formula is C25H25NO2. The van der Waals surface area contributed by atoms with Crippen molar-refractivity contribution in [3.8, 4) is 5.75 Å². The zero-order chi connectivity index (χ0) is 19.8. The molecule has 0 radical (unpaired) electrons. The van der Waals surface area contributed by atoms with Gasteiger partial charge in [0.05, 0.1) is 6.54 Å². The largest absolute Gasteiger partial charge is 0.491 e. The molecule has 3 nitrogen and oxygen atoms in total. The van der Waals surface area contributed by atoms with Crippen molar-refractivity contribution in [1.82, 2.24) is 5.32 Å². The lowest BCUT2D eigenvalue weighted by Gasteiger charge is -2.12. The lowest BCUT2D eigenvalue weighted by Crippen LogP contribution is -2.28. The van der Waals surface area contributed by atoms with Crippen LogP contribution in [-0.2, 0) is 4.79 Å². The minimum atomic E-state index is -0.112. The van der Waals surface area contributed by atoms with Gasteiger partial charge in [0.15, 0.2) is 0 Å². The SMILES string of the molecule is Cc1ccc(OCCNC(=O)/C(=C/c2ccccc2)c2ccccc2)c(C)c1. The molecule has 3 rings (SSSR count). The molecule has 3 aromatic carbocycles. The summed E-state index contributed by atoms with van der Waals surface area (Å²) in [4.78, 5) is 12.8. The van der Waals surface area contributed by atoms with Crippen molar-refractivity contribution < 1.29 is 9.53 Å². The van der Waals surface area contributed by atoms with Gasteiger partial charge >= 0.3 is 0 Å². The number of carbonyl (C=O) groups is 1. The molecule has 1 N–H and O–H groups in total. The predicted molar refractivity (Wildman–Crippen MR) is 115 cm³/mol. The summed E-state index contributed by atoms with van der Waals surface area (Å²) in [5, 5.41) is 2.97. The first-order valence-corrected chi connectivity index (χ1v) is 9.44. The van der Waals surface area contributed by atoms with Crippen LogP contribution in [0.1, 0.15) is 22.3 Å². The molecule has 0 spiro atoms. The first kappa shape index (κ1) is 19.4. The zero-order valence-corrected chi connectivity index (χ0v) is 16.3. The highest BCUT2D eigenvalue weighted by Crippen LogP contribution is 2.19. The molecular weight excluding hydrogens is 346 g/mol. The topological polar surface area (TPSA) is 38.3 Å². The molecule has 0 heterocycles. The third-order valence-electron chi connectivity index (χ3n) is 4.42. The molecule has 3 heteroatoms. The van der Waals surface area contributed by atoms with Crippen molar-refractivity contribution in [2.45, 2.75) is 13.8 Å². The van der Waals surface area contributed by atoms with Crippen LogP contribution in [0, 0.1) is 13.8 Å². The van der Waals surface area contributed by atoms with Gasteiger partial charge in [-0.25, -0.2) is 0 Å². The Hall–Kier alpha value is -3.33. The van der Waals surface area contributed by atoms with E-state index in [1.165, 1.54) is 5.56 Å². The van der Waals surface area contributed by atoms with E-state index in [-0.39, 0.29) is 5.91 Å². The molecule has 0 bridgehead atoms. The van der Waals surface area contributed by atoms with Crippen LogP contribution in [0.2, 0.25) is 0 Å². The Kier molecular flexibility index (Phi) is 6.64. The third kappa shape index (κ3) is 5.34. The van der Waals surface area contributed by atoms with E-state index in [1.807, 2.05) is 85.8 Å². The maximum absolute atomic E-state index is 12.8. The fraction of sp³-hybridized carbons (Fsp3) is 0.160. The lowest BCUT2D eigenvalue weighted by atomic mass is 10.0. The molecule has 142 valence electrons. The summed E-state index contributed by atoms with van der Waals surface area (Å²) in [6, 6.07) is 25.6. The number of rotatable bonds is 7. The van der Waals surface area contributed by atoms with Gasteiger partial charge in [-0.2, -0.15) is 0 Å². The van der Waals surface area contributed by atoms with Gasteiger partial charge in [0.25, 0.3) is 5.91 Å². The van der Waals surface area contributed by atoms with Crippen LogP contribution in [0.15, 0.2) is 78.9 Å². The van der Waals surface area contributed by atoms with E-state index >= 15 is 0 Å². The number of ether oxygens (including phenoxy) is 1.